The van der Waals surface area contributed by atoms with Gasteiger partial charge in [-0.3, -0.25) is 10.1 Å². The molecule has 6 aromatic rings. The van der Waals surface area contributed by atoms with Crippen molar-refractivity contribution in [3.05, 3.63) is 114 Å². The number of fused-ring (bicyclic) bond motifs is 2. The molecule has 5 heteroatoms. The summed E-state index contributed by atoms with van der Waals surface area (Å²) in [6.07, 6.45) is 0.980. The Morgan fingerprint density at radius 1 is 0.806 bits per heavy atom. The van der Waals surface area contributed by atoms with Crippen molar-refractivity contribution >= 4 is 44.1 Å². The standard InChI is InChI=1S/C31H23N3OS/c1-2-20-14-16-22(17-15-20)28-18-26(25-11-5-6-13-27(25)32-28)30(35)34-31-33-29(19-36-31)24-12-7-9-21-8-3-4-10-23(21)24/h3-19H,2H2,1H3,(H,33,34,35). The van der Waals surface area contributed by atoms with Gasteiger partial charge in [0.1, 0.15) is 0 Å². The number of aryl methyl sites for hydroxylation is 1. The maximum atomic E-state index is 13.5. The van der Waals surface area contributed by atoms with E-state index in [4.69, 9.17) is 9.97 Å². The molecule has 0 fully saturated rings. The average molecular weight is 486 g/mol. The van der Waals surface area contributed by atoms with E-state index < -0.39 is 0 Å². The summed E-state index contributed by atoms with van der Waals surface area (Å²) in [4.78, 5) is 23.1. The van der Waals surface area contributed by atoms with E-state index in [0.29, 0.717) is 10.7 Å². The number of para-hydroxylation sites is 1. The van der Waals surface area contributed by atoms with Gasteiger partial charge in [0, 0.05) is 21.9 Å². The number of aromatic nitrogens is 2. The molecule has 0 saturated carbocycles. The highest BCUT2D eigenvalue weighted by Crippen LogP contribution is 2.32. The van der Waals surface area contributed by atoms with E-state index in [1.165, 1.54) is 16.9 Å². The zero-order valence-electron chi connectivity index (χ0n) is 19.7. The molecule has 1 N–H and O–H groups in total. The lowest BCUT2D eigenvalue weighted by atomic mass is 10.0. The SMILES string of the molecule is CCc1ccc(-c2cc(C(=O)Nc3nc(-c4cccc5ccccc45)cs3)c3ccccc3n2)cc1. The lowest BCUT2D eigenvalue weighted by Crippen LogP contribution is -2.13. The number of pyridine rings is 1. The number of hydrogen-bond donors (Lipinski definition) is 1. The summed E-state index contributed by atoms with van der Waals surface area (Å²) < 4.78 is 0. The van der Waals surface area contributed by atoms with Gasteiger partial charge >= 0.3 is 0 Å². The Kier molecular flexibility index (Phi) is 5.76. The van der Waals surface area contributed by atoms with Crippen molar-refractivity contribution < 1.29 is 4.79 Å². The molecule has 4 nitrogen and oxygen atoms in total. The molecule has 174 valence electrons. The van der Waals surface area contributed by atoms with Crippen LogP contribution in [0.1, 0.15) is 22.8 Å². The van der Waals surface area contributed by atoms with Crippen LogP contribution in [0.2, 0.25) is 0 Å². The summed E-state index contributed by atoms with van der Waals surface area (Å²) in [6.45, 7) is 2.13. The van der Waals surface area contributed by atoms with E-state index in [9.17, 15) is 4.79 Å². The van der Waals surface area contributed by atoms with Crippen molar-refractivity contribution in [2.24, 2.45) is 0 Å². The van der Waals surface area contributed by atoms with E-state index >= 15 is 0 Å². The topological polar surface area (TPSA) is 54.9 Å². The first kappa shape index (κ1) is 22.1. The number of amides is 1. The molecule has 4 aromatic carbocycles. The third-order valence-corrected chi connectivity index (χ3v) is 7.17. The Bertz CT molecular complexity index is 1710. The van der Waals surface area contributed by atoms with Gasteiger partial charge in [-0.25, -0.2) is 9.97 Å². The molecule has 0 spiro atoms. The Morgan fingerprint density at radius 2 is 1.56 bits per heavy atom. The van der Waals surface area contributed by atoms with Crippen molar-refractivity contribution in [3.63, 3.8) is 0 Å². The molecule has 36 heavy (non-hydrogen) atoms. The van der Waals surface area contributed by atoms with Crippen LogP contribution in [-0.2, 0) is 6.42 Å². The lowest BCUT2D eigenvalue weighted by Gasteiger charge is -2.10. The highest BCUT2D eigenvalue weighted by atomic mass is 32.1. The smallest absolute Gasteiger partial charge is 0.258 e. The number of nitrogens with one attached hydrogen (secondary N) is 1. The zero-order valence-corrected chi connectivity index (χ0v) is 20.5. The van der Waals surface area contributed by atoms with Gasteiger partial charge in [0.2, 0.25) is 0 Å². The monoisotopic (exact) mass is 485 g/mol. The van der Waals surface area contributed by atoms with Gasteiger partial charge in [-0.2, -0.15) is 0 Å². The number of hydrogen-bond acceptors (Lipinski definition) is 4. The summed E-state index contributed by atoms with van der Waals surface area (Å²) in [5.74, 6) is -0.196. The van der Waals surface area contributed by atoms with Crippen LogP contribution in [0.25, 0.3) is 44.2 Å². The van der Waals surface area contributed by atoms with E-state index in [1.807, 2.05) is 53.9 Å². The molecular formula is C31H23N3OS. The first-order chi connectivity index (χ1) is 17.7. The maximum absolute atomic E-state index is 13.5. The second-order valence-electron chi connectivity index (χ2n) is 8.64. The van der Waals surface area contributed by atoms with Gasteiger partial charge in [0.25, 0.3) is 5.91 Å². The van der Waals surface area contributed by atoms with Gasteiger partial charge < -0.3 is 0 Å². The molecule has 0 radical (unpaired) electrons. The summed E-state index contributed by atoms with van der Waals surface area (Å²) in [5, 5.41) is 8.70. The van der Waals surface area contributed by atoms with E-state index in [-0.39, 0.29) is 5.91 Å². The van der Waals surface area contributed by atoms with Crippen LogP contribution in [0.4, 0.5) is 5.13 Å². The van der Waals surface area contributed by atoms with Crippen LogP contribution in [-0.4, -0.2) is 15.9 Å². The molecule has 2 aromatic heterocycles. The van der Waals surface area contributed by atoms with Crippen LogP contribution < -0.4 is 5.32 Å². The first-order valence-electron chi connectivity index (χ1n) is 11.9. The number of nitrogens with zero attached hydrogens (tertiary/aromatic N) is 2. The van der Waals surface area contributed by atoms with Crippen LogP contribution in [0, 0.1) is 0 Å². The Hall–Kier alpha value is -4.35. The fourth-order valence-electron chi connectivity index (χ4n) is 4.49. The van der Waals surface area contributed by atoms with Gasteiger partial charge in [-0.1, -0.05) is 91.9 Å². The Balaban J connectivity index is 1.35. The number of rotatable bonds is 5. The lowest BCUT2D eigenvalue weighted by molar-refractivity contribution is 0.102. The van der Waals surface area contributed by atoms with Crippen LogP contribution in [0.15, 0.2) is 102 Å². The summed E-state index contributed by atoms with van der Waals surface area (Å²) in [5.41, 5.74) is 6.30. The van der Waals surface area contributed by atoms with Crippen molar-refractivity contribution in [3.8, 4) is 22.5 Å². The van der Waals surface area contributed by atoms with Crippen LogP contribution in [0.3, 0.4) is 0 Å². The predicted octanol–water partition coefficient (Wildman–Crippen LogP) is 7.99. The number of thiazole rings is 1. The minimum Gasteiger partial charge on any atom is -0.298 e. The normalized spacial score (nSPS) is 11.1. The minimum absolute atomic E-state index is 0.196. The summed E-state index contributed by atoms with van der Waals surface area (Å²) in [6, 6.07) is 32.4. The molecule has 0 atom stereocenters. The quantitative estimate of drug-likeness (QED) is 0.269. The second kappa shape index (κ2) is 9.36. The predicted molar refractivity (Wildman–Crippen MR) is 150 cm³/mol. The van der Waals surface area contributed by atoms with Gasteiger partial charge in [-0.05, 0) is 34.9 Å². The maximum Gasteiger partial charge on any atom is 0.258 e. The molecule has 6 rings (SSSR count). The number of benzene rings is 4. The number of carbonyl (C=O) groups is 1. The van der Waals surface area contributed by atoms with Gasteiger partial charge in [0.15, 0.2) is 5.13 Å². The van der Waals surface area contributed by atoms with Crippen molar-refractivity contribution in [1.82, 2.24) is 9.97 Å². The van der Waals surface area contributed by atoms with Crippen molar-refractivity contribution in [1.29, 1.82) is 0 Å². The zero-order chi connectivity index (χ0) is 24.5. The van der Waals surface area contributed by atoms with Crippen molar-refractivity contribution in [2.75, 3.05) is 5.32 Å². The molecule has 0 saturated heterocycles. The fourth-order valence-corrected chi connectivity index (χ4v) is 5.20. The molecule has 2 heterocycles. The Labute approximate surface area is 213 Å². The average Bonchev–Trinajstić information content (AvgIpc) is 3.40. The third-order valence-electron chi connectivity index (χ3n) is 6.41. The fraction of sp³-hybridized carbons (Fsp3) is 0.0645. The molecule has 1 amide bonds. The summed E-state index contributed by atoms with van der Waals surface area (Å²) >= 11 is 1.43. The number of carbonyl (C=O) groups excluding carboxylic acids is 1. The molecule has 0 bridgehead atoms. The Morgan fingerprint density at radius 3 is 2.39 bits per heavy atom. The molecular weight excluding hydrogens is 462 g/mol. The highest BCUT2D eigenvalue weighted by Gasteiger charge is 2.16. The molecule has 0 aliphatic heterocycles. The van der Waals surface area contributed by atoms with E-state index in [1.54, 1.807) is 0 Å². The third kappa shape index (κ3) is 4.14. The second-order valence-corrected chi connectivity index (χ2v) is 9.50. The van der Waals surface area contributed by atoms with E-state index in [0.717, 1.165) is 50.6 Å². The van der Waals surface area contributed by atoms with E-state index in [2.05, 4.69) is 60.8 Å². The minimum atomic E-state index is -0.196. The first-order valence-corrected chi connectivity index (χ1v) is 12.8. The largest absolute Gasteiger partial charge is 0.298 e. The van der Waals surface area contributed by atoms with Crippen LogP contribution >= 0.6 is 11.3 Å². The summed E-state index contributed by atoms with van der Waals surface area (Å²) in [7, 11) is 0. The van der Waals surface area contributed by atoms with Gasteiger partial charge in [-0.15, -0.1) is 11.3 Å². The molecule has 0 unspecified atom stereocenters. The molecule has 0 aliphatic rings. The van der Waals surface area contributed by atoms with Crippen LogP contribution in [0.5, 0.6) is 0 Å². The highest BCUT2D eigenvalue weighted by molar-refractivity contribution is 7.14. The number of anilines is 1. The molecule has 0 aliphatic carbocycles. The van der Waals surface area contributed by atoms with Crippen molar-refractivity contribution in [2.45, 2.75) is 13.3 Å². The van der Waals surface area contributed by atoms with Gasteiger partial charge in [0.05, 0.1) is 22.5 Å².